The Morgan fingerprint density at radius 3 is 2.42 bits per heavy atom. The number of sulfonamides is 1. The van der Waals surface area contributed by atoms with Crippen molar-refractivity contribution in [1.82, 2.24) is 14.3 Å². The van der Waals surface area contributed by atoms with E-state index in [1.54, 1.807) is 4.72 Å². The van der Waals surface area contributed by atoms with Gasteiger partial charge in [0, 0.05) is 17.6 Å². The van der Waals surface area contributed by atoms with E-state index in [1.165, 1.54) is 18.2 Å². The van der Waals surface area contributed by atoms with Crippen LogP contribution in [0.4, 0.5) is 17.6 Å². The Morgan fingerprint density at radius 2 is 1.86 bits per heavy atom. The minimum absolute atomic E-state index is 0.0709. The molecule has 2 aromatic heterocycles. The fraction of sp³-hybridized carbons (Fsp3) is 0.440. The monoisotopic (exact) mass is 520 g/mol. The van der Waals surface area contributed by atoms with E-state index < -0.39 is 27.1 Å². The van der Waals surface area contributed by atoms with Gasteiger partial charge in [-0.25, -0.2) is 12.8 Å². The maximum Gasteiger partial charge on any atom is 0.404 e. The summed E-state index contributed by atoms with van der Waals surface area (Å²) < 4.78 is 82.1. The summed E-state index contributed by atoms with van der Waals surface area (Å²) in [4.78, 5) is 3.82. The summed E-state index contributed by atoms with van der Waals surface area (Å²) in [5.74, 6) is -0.180. The van der Waals surface area contributed by atoms with Gasteiger partial charge in [0.1, 0.15) is 22.8 Å². The van der Waals surface area contributed by atoms with Gasteiger partial charge in [0.2, 0.25) is 10.0 Å². The van der Waals surface area contributed by atoms with E-state index in [0.29, 0.717) is 29.3 Å². The molecule has 2 aliphatic rings. The van der Waals surface area contributed by atoms with Gasteiger partial charge in [0.25, 0.3) is 0 Å². The Morgan fingerprint density at radius 1 is 1.17 bits per heavy atom. The van der Waals surface area contributed by atoms with E-state index in [9.17, 15) is 31.2 Å². The third kappa shape index (κ3) is 4.37. The van der Waals surface area contributed by atoms with Crippen molar-refractivity contribution >= 4 is 20.9 Å². The molecule has 2 saturated carbocycles. The maximum atomic E-state index is 14.9. The van der Waals surface area contributed by atoms with Crippen LogP contribution in [0.1, 0.15) is 68.5 Å². The molecule has 0 bridgehead atoms. The Balaban J connectivity index is 1.63. The third-order valence-corrected chi connectivity index (χ3v) is 8.58. The summed E-state index contributed by atoms with van der Waals surface area (Å²) in [5.41, 5.74) is 2.38. The molecule has 11 heteroatoms. The molecule has 0 unspecified atom stereocenters. The molecule has 2 heterocycles. The number of hydrogen-bond donors (Lipinski definition) is 1. The first-order valence-electron chi connectivity index (χ1n) is 11.8. The Hall–Kier alpha value is -2.97. The predicted molar refractivity (Wildman–Crippen MR) is 125 cm³/mol. The van der Waals surface area contributed by atoms with E-state index in [2.05, 4.69) is 11.1 Å². The van der Waals surface area contributed by atoms with Crippen LogP contribution in [0.2, 0.25) is 0 Å². The molecule has 0 aliphatic heterocycles. The molecule has 2 fully saturated rings. The topological polar surface area (TPSA) is 87.8 Å². The molecule has 2 aliphatic carbocycles. The summed E-state index contributed by atoms with van der Waals surface area (Å²) in [6, 6.07) is 5.75. The number of alkyl halides is 3. The first-order valence-corrected chi connectivity index (χ1v) is 13.3. The lowest BCUT2D eigenvalue weighted by atomic mass is 10.0. The van der Waals surface area contributed by atoms with Crippen molar-refractivity contribution in [3.63, 3.8) is 0 Å². The van der Waals surface area contributed by atoms with Gasteiger partial charge in [-0.2, -0.15) is 23.2 Å². The molecule has 0 radical (unpaired) electrons. The summed E-state index contributed by atoms with van der Waals surface area (Å²) in [5, 5.41) is 10.5. The van der Waals surface area contributed by atoms with Gasteiger partial charge >= 0.3 is 6.18 Å². The van der Waals surface area contributed by atoms with Gasteiger partial charge in [0.15, 0.2) is 0 Å². The molecule has 190 valence electrons. The number of nitriles is 1. The lowest BCUT2D eigenvalue weighted by Gasteiger charge is -2.19. The highest BCUT2D eigenvalue weighted by Crippen LogP contribution is 2.46. The third-order valence-electron chi connectivity index (χ3n) is 7.05. The first kappa shape index (κ1) is 24.7. The first-order chi connectivity index (χ1) is 17.0. The predicted octanol–water partition coefficient (Wildman–Crippen LogP) is 5.94. The smallest absolute Gasteiger partial charge is 0.335 e. The highest BCUT2D eigenvalue weighted by molar-refractivity contribution is 7.89. The van der Waals surface area contributed by atoms with Crippen LogP contribution in [0.5, 0.6) is 0 Å². The second kappa shape index (κ2) is 8.85. The van der Waals surface area contributed by atoms with E-state index >= 15 is 0 Å². The van der Waals surface area contributed by atoms with Crippen molar-refractivity contribution < 1.29 is 26.0 Å². The lowest BCUT2D eigenvalue weighted by Crippen LogP contribution is -2.42. The molecular formula is C25H24F4N4O2S. The van der Waals surface area contributed by atoms with Crippen molar-refractivity contribution in [2.24, 2.45) is 0 Å². The largest absolute Gasteiger partial charge is 0.404 e. The van der Waals surface area contributed by atoms with Crippen LogP contribution in [-0.2, 0) is 10.0 Å². The number of nitrogens with zero attached hydrogens (tertiary/aromatic N) is 3. The molecule has 0 spiro atoms. The van der Waals surface area contributed by atoms with Crippen molar-refractivity contribution in [2.45, 2.75) is 74.5 Å². The zero-order valence-corrected chi connectivity index (χ0v) is 20.3. The van der Waals surface area contributed by atoms with Crippen LogP contribution in [0.25, 0.3) is 22.3 Å². The standard InChI is InChI=1S/C25H24F4N4O2S/c1-14(25(27,28)29)32-36(34,35)17-8-9-22(31-13-17)24-20(12-30)19-10-21(26)18(15-6-7-15)11-23(19)33(24)16-4-2-3-5-16/h8-11,13-16,32H,2-7H2,1H3/t14-/m1/s1. The summed E-state index contributed by atoms with van der Waals surface area (Å²) in [7, 11) is -4.48. The van der Waals surface area contributed by atoms with Crippen molar-refractivity contribution in [3.8, 4) is 17.5 Å². The number of benzene rings is 1. The van der Waals surface area contributed by atoms with Crippen LogP contribution in [0.3, 0.4) is 0 Å². The normalized spacial score (nSPS) is 18.0. The highest BCUT2D eigenvalue weighted by Gasteiger charge is 2.39. The molecule has 1 atom stereocenters. The van der Waals surface area contributed by atoms with Crippen LogP contribution in [-0.4, -0.2) is 30.2 Å². The minimum Gasteiger partial charge on any atom is -0.335 e. The Kier molecular flexibility index (Phi) is 6.08. The quantitative estimate of drug-likeness (QED) is 0.408. The fourth-order valence-electron chi connectivity index (χ4n) is 5.01. The number of halogens is 4. The van der Waals surface area contributed by atoms with Gasteiger partial charge in [-0.15, -0.1) is 0 Å². The Bertz CT molecular complexity index is 1460. The molecule has 6 nitrogen and oxygen atoms in total. The van der Waals surface area contributed by atoms with Crippen molar-refractivity contribution in [1.29, 1.82) is 5.26 Å². The van der Waals surface area contributed by atoms with Crippen LogP contribution in [0, 0.1) is 17.1 Å². The van der Waals surface area contributed by atoms with Gasteiger partial charge < -0.3 is 4.57 Å². The van der Waals surface area contributed by atoms with E-state index in [0.717, 1.165) is 50.2 Å². The van der Waals surface area contributed by atoms with Gasteiger partial charge in [-0.1, -0.05) is 12.8 Å². The van der Waals surface area contributed by atoms with Crippen molar-refractivity contribution in [3.05, 3.63) is 47.4 Å². The van der Waals surface area contributed by atoms with Crippen LogP contribution in [0.15, 0.2) is 35.4 Å². The molecule has 1 aromatic carbocycles. The second-order valence-electron chi connectivity index (χ2n) is 9.57. The summed E-state index contributed by atoms with van der Waals surface area (Å²) in [6.07, 6.45) is 1.86. The zero-order chi connectivity index (χ0) is 25.8. The summed E-state index contributed by atoms with van der Waals surface area (Å²) >= 11 is 0. The van der Waals surface area contributed by atoms with Gasteiger partial charge in [0.05, 0.1) is 22.5 Å². The average Bonchev–Trinajstić information content (AvgIpc) is 3.42. The molecular weight excluding hydrogens is 496 g/mol. The number of nitrogens with one attached hydrogen (secondary N) is 1. The minimum atomic E-state index is -4.74. The average molecular weight is 521 g/mol. The van der Waals surface area contributed by atoms with Crippen molar-refractivity contribution in [2.75, 3.05) is 0 Å². The number of rotatable bonds is 6. The van der Waals surface area contributed by atoms with E-state index in [-0.39, 0.29) is 23.3 Å². The number of aromatic nitrogens is 2. The number of pyridine rings is 1. The molecule has 5 rings (SSSR count). The van der Waals surface area contributed by atoms with Crippen LogP contribution >= 0.6 is 0 Å². The summed E-state index contributed by atoms with van der Waals surface area (Å²) in [6.45, 7) is 0.716. The molecule has 1 N–H and O–H groups in total. The fourth-order valence-corrected chi connectivity index (χ4v) is 6.18. The lowest BCUT2D eigenvalue weighted by molar-refractivity contribution is -0.147. The maximum absolute atomic E-state index is 14.9. The highest BCUT2D eigenvalue weighted by atomic mass is 32.2. The van der Waals surface area contributed by atoms with Gasteiger partial charge in [-0.3, -0.25) is 4.98 Å². The molecule has 36 heavy (non-hydrogen) atoms. The van der Waals surface area contributed by atoms with Gasteiger partial charge in [-0.05, 0) is 68.4 Å². The second-order valence-corrected chi connectivity index (χ2v) is 11.3. The van der Waals surface area contributed by atoms with Crippen LogP contribution < -0.4 is 4.72 Å². The molecule has 3 aromatic rings. The zero-order valence-electron chi connectivity index (χ0n) is 19.4. The Labute approximate surface area is 206 Å². The number of hydrogen-bond acceptors (Lipinski definition) is 4. The van der Waals surface area contributed by atoms with E-state index in [4.69, 9.17) is 0 Å². The SMILES string of the molecule is C[C@@H](NS(=O)(=O)c1ccc(-c2c(C#N)c3cc(F)c(C4CC4)cc3n2C2CCCC2)nc1)C(F)(F)F. The number of fused-ring (bicyclic) bond motifs is 1. The van der Waals surface area contributed by atoms with E-state index in [1.807, 2.05) is 10.6 Å². The molecule has 0 saturated heterocycles. The molecule has 0 amide bonds.